The van der Waals surface area contributed by atoms with Crippen LogP contribution in [0.3, 0.4) is 0 Å². The highest BCUT2D eigenvalue weighted by Gasteiger charge is 2.27. The smallest absolute Gasteiger partial charge is 0.168 e. The van der Waals surface area contributed by atoms with Gasteiger partial charge in [0, 0.05) is 25.3 Å². The van der Waals surface area contributed by atoms with E-state index in [4.69, 9.17) is 4.99 Å². The molecule has 0 fully saturated rings. The summed E-state index contributed by atoms with van der Waals surface area (Å²) in [5, 5.41) is 0. The van der Waals surface area contributed by atoms with E-state index in [0.29, 0.717) is 6.42 Å². The van der Waals surface area contributed by atoms with Crippen molar-refractivity contribution >= 4 is 17.2 Å². The summed E-state index contributed by atoms with van der Waals surface area (Å²) in [6, 6.07) is 16.1. The second kappa shape index (κ2) is 6.23. The van der Waals surface area contributed by atoms with Crippen molar-refractivity contribution in [2.45, 2.75) is 32.2 Å². The van der Waals surface area contributed by atoms with Crippen LogP contribution in [0.1, 0.15) is 41.8 Å². The predicted octanol–water partition coefficient (Wildman–Crippen LogP) is 4.15. The second-order valence-corrected chi connectivity index (χ2v) is 7.25. The Morgan fingerprint density at radius 1 is 1.08 bits per heavy atom. The summed E-state index contributed by atoms with van der Waals surface area (Å²) in [6.45, 7) is 4.25. The first-order chi connectivity index (χ1) is 11.4. The molecule has 1 aliphatic heterocycles. The first-order valence-electron chi connectivity index (χ1n) is 8.33. The summed E-state index contributed by atoms with van der Waals surface area (Å²) in [5.74, 6) is 0.117. The molecule has 1 heterocycles. The first kappa shape index (κ1) is 16.4. The molecule has 0 saturated carbocycles. The SMILES string of the molecule is CN(C)c1ccc(C(=O)CC2=NC(C)(C)Cc3ccccc32)cc1. The van der Waals surface area contributed by atoms with Gasteiger partial charge < -0.3 is 4.90 Å². The highest BCUT2D eigenvalue weighted by Crippen LogP contribution is 2.28. The zero-order chi connectivity index (χ0) is 17.3. The Morgan fingerprint density at radius 2 is 1.75 bits per heavy atom. The number of hydrogen-bond donors (Lipinski definition) is 0. The second-order valence-electron chi connectivity index (χ2n) is 7.25. The Balaban J connectivity index is 1.86. The fourth-order valence-electron chi connectivity index (χ4n) is 3.22. The summed E-state index contributed by atoms with van der Waals surface area (Å²) in [7, 11) is 3.99. The third-order valence-electron chi connectivity index (χ3n) is 4.42. The van der Waals surface area contributed by atoms with Crippen molar-refractivity contribution in [1.29, 1.82) is 0 Å². The molecule has 3 heteroatoms. The molecule has 2 aromatic carbocycles. The summed E-state index contributed by atoms with van der Waals surface area (Å²) < 4.78 is 0. The van der Waals surface area contributed by atoms with Crippen molar-refractivity contribution in [3.8, 4) is 0 Å². The Hall–Kier alpha value is -2.42. The Bertz CT molecular complexity index is 786. The zero-order valence-electron chi connectivity index (χ0n) is 14.8. The number of nitrogens with zero attached hydrogens (tertiary/aromatic N) is 2. The number of hydrogen-bond acceptors (Lipinski definition) is 3. The molecule has 24 heavy (non-hydrogen) atoms. The molecule has 0 aliphatic carbocycles. The Kier molecular flexibility index (Phi) is 4.27. The van der Waals surface area contributed by atoms with Gasteiger partial charge in [0.05, 0.1) is 17.7 Å². The first-order valence-corrected chi connectivity index (χ1v) is 8.33. The van der Waals surface area contributed by atoms with Crippen LogP contribution in [0.5, 0.6) is 0 Å². The van der Waals surface area contributed by atoms with E-state index in [0.717, 1.165) is 28.9 Å². The molecule has 0 N–H and O–H groups in total. The van der Waals surface area contributed by atoms with Crippen molar-refractivity contribution in [3.05, 3.63) is 65.2 Å². The van der Waals surface area contributed by atoms with Crippen LogP contribution in [0.15, 0.2) is 53.5 Å². The third-order valence-corrected chi connectivity index (χ3v) is 4.42. The summed E-state index contributed by atoms with van der Waals surface area (Å²) >= 11 is 0. The summed E-state index contributed by atoms with van der Waals surface area (Å²) in [6.07, 6.45) is 1.26. The molecule has 0 amide bonds. The number of fused-ring (bicyclic) bond motifs is 1. The number of anilines is 1. The minimum atomic E-state index is -0.154. The zero-order valence-corrected chi connectivity index (χ0v) is 14.8. The Morgan fingerprint density at radius 3 is 2.42 bits per heavy atom. The quantitative estimate of drug-likeness (QED) is 0.793. The standard InChI is InChI=1S/C21H24N2O/c1-21(2)14-16-7-5-6-8-18(16)19(22-21)13-20(24)15-9-11-17(12-10-15)23(3)4/h5-12H,13-14H2,1-4H3. The summed E-state index contributed by atoms with van der Waals surface area (Å²) in [5.41, 5.74) is 4.98. The van der Waals surface area contributed by atoms with Crippen molar-refractivity contribution in [3.63, 3.8) is 0 Å². The molecule has 0 radical (unpaired) electrons. The van der Waals surface area contributed by atoms with Gasteiger partial charge in [-0.25, -0.2) is 0 Å². The van der Waals surface area contributed by atoms with Crippen LogP contribution in [0.4, 0.5) is 5.69 Å². The van der Waals surface area contributed by atoms with Gasteiger partial charge in [-0.15, -0.1) is 0 Å². The van der Waals surface area contributed by atoms with Gasteiger partial charge in [0.25, 0.3) is 0 Å². The van der Waals surface area contributed by atoms with Crippen molar-refractivity contribution in [1.82, 2.24) is 0 Å². The van der Waals surface area contributed by atoms with Crippen LogP contribution in [-0.4, -0.2) is 31.1 Å². The van der Waals surface area contributed by atoms with Gasteiger partial charge in [-0.2, -0.15) is 0 Å². The fourth-order valence-corrected chi connectivity index (χ4v) is 3.22. The lowest BCUT2D eigenvalue weighted by molar-refractivity contribution is 0.100. The molecule has 0 bridgehead atoms. The lowest BCUT2D eigenvalue weighted by Gasteiger charge is -2.29. The van der Waals surface area contributed by atoms with Gasteiger partial charge in [-0.3, -0.25) is 9.79 Å². The van der Waals surface area contributed by atoms with Crippen molar-refractivity contribution < 1.29 is 4.79 Å². The molecule has 0 unspecified atom stereocenters. The van der Waals surface area contributed by atoms with Gasteiger partial charge in [-0.1, -0.05) is 24.3 Å². The number of carbonyl (C=O) groups is 1. The van der Waals surface area contributed by atoms with Crippen LogP contribution < -0.4 is 4.90 Å². The van der Waals surface area contributed by atoms with E-state index < -0.39 is 0 Å². The maximum Gasteiger partial charge on any atom is 0.168 e. The lowest BCUT2D eigenvalue weighted by atomic mass is 9.85. The highest BCUT2D eigenvalue weighted by molar-refractivity contribution is 6.16. The minimum absolute atomic E-state index is 0.117. The number of rotatable bonds is 4. The topological polar surface area (TPSA) is 32.7 Å². The third kappa shape index (κ3) is 3.40. The van der Waals surface area contributed by atoms with Crippen LogP contribution >= 0.6 is 0 Å². The fraction of sp³-hybridized carbons (Fsp3) is 0.333. The predicted molar refractivity (Wildman–Crippen MR) is 100 cm³/mol. The number of aliphatic imine (C=N–C) groups is 1. The highest BCUT2D eigenvalue weighted by atomic mass is 16.1. The molecule has 1 aliphatic rings. The van der Waals surface area contributed by atoms with Crippen molar-refractivity contribution in [2.75, 3.05) is 19.0 Å². The maximum atomic E-state index is 12.7. The normalized spacial score (nSPS) is 15.4. The molecule has 3 nitrogen and oxygen atoms in total. The molecule has 0 atom stereocenters. The summed E-state index contributed by atoms with van der Waals surface area (Å²) in [4.78, 5) is 19.6. The van der Waals surface area contributed by atoms with Gasteiger partial charge in [0.15, 0.2) is 5.78 Å². The minimum Gasteiger partial charge on any atom is -0.378 e. The van der Waals surface area contributed by atoms with E-state index >= 15 is 0 Å². The molecular formula is C21H24N2O. The number of carbonyl (C=O) groups excluding carboxylic acids is 1. The van der Waals surface area contributed by atoms with Gasteiger partial charge in [0.2, 0.25) is 0 Å². The number of benzene rings is 2. The van der Waals surface area contributed by atoms with E-state index in [9.17, 15) is 4.79 Å². The van der Waals surface area contributed by atoms with E-state index in [1.807, 2.05) is 49.3 Å². The maximum absolute atomic E-state index is 12.7. The molecule has 0 saturated heterocycles. The number of ketones is 1. The van der Waals surface area contributed by atoms with Crippen LogP contribution in [0.25, 0.3) is 0 Å². The van der Waals surface area contributed by atoms with E-state index in [-0.39, 0.29) is 11.3 Å². The molecule has 3 rings (SSSR count). The average Bonchev–Trinajstić information content (AvgIpc) is 2.53. The van der Waals surface area contributed by atoms with Gasteiger partial charge in [0.1, 0.15) is 0 Å². The van der Waals surface area contributed by atoms with E-state index in [1.165, 1.54) is 5.56 Å². The largest absolute Gasteiger partial charge is 0.378 e. The number of Topliss-reactive ketones (excluding diaryl/α,β-unsaturated/α-hetero) is 1. The van der Waals surface area contributed by atoms with Crippen molar-refractivity contribution in [2.24, 2.45) is 4.99 Å². The lowest BCUT2D eigenvalue weighted by Crippen LogP contribution is -2.29. The molecule has 124 valence electrons. The average molecular weight is 320 g/mol. The van der Waals surface area contributed by atoms with Gasteiger partial charge >= 0.3 is 0 Å². The molecule has 2 aromatic rings. The monoisotopic (exact) mass is 320 g/mol. The van der Waals surface area contributed by atoms with E-state index in [1.54, 1.807) is 0 Å². The van der Waals surface area contributed by atoms with Gasteiger partial charge in [-0.05, 0) is 55.7 Å². The van der Waals surface area contributed by atoms with Crippen LogP contribution in [0.2, 0.25) is 0 Å². The van der Waals surface area contributed by atoms with E-state index in [2.05, 4.69) is 32.0 Å². The molecular weight excluding hydrogens is 296 g/mol. The molecule has 0 spiro atoms. The van der Waals surface area contributed by atoms with Crippen LogP contribution in [0, 0.1) is 0 Å². The van der Waals surface area contributed by atoms with Crippen LogP contribution in [-0.2, 0) is 6.42 Å². The Labute approximate surface area is 144 Å². The molecule has 0 aromatic heterocycles.